The minimum atomic E-state index is 0.572. The van der Waals surface area contributed by atoms with E-state index in [2.05, 4.69) is 35.3 Å². The van der Waals surface area contributed by atoms with Crippen LogP contribution in [0.5, 0.6) is 5.75 Å². The summed E-state index contributed by atoms with van der Waals surface area (Å²) in [6.07, 6.45) is 4.05. The molecule has 1 N–H and O–H groups in total. The quantitative estimate of drug-likeness (QED) is 0.880. The van der Waals surface area contributed by atoms with Crippen molar-refractivity contribution < 1.29 is 4.74 Å². The van der Waals surface area contributed by atoms with E-state index >= 15 is 0 Å². The van der Waals surface area contributed by atoms with Crippen LogP contribution in [0.4, 0.5) is 5.69 Å². The van der Waals surface area contributed by atoms with Crippen LogP contribution in [0.1, 0.15) is 31.7 Å². The average molecular weight is 260 g/mol. The van der Waals surface area contributed by atoms with E-state index < -0.39 is 0 Å². The highest BCUT2D eigenvalue weighted by atomic mass is 16.5. The Bertz CT molecular complexity index is 442. The molecule has 2 fully saturated rings. The fourth-order valence-electron chi connectivity index (χ4n) is 2.92. The van der Waals surface area contributed by atoms with E-state index in [0.717, 1.165) is 24.1 Å². The van der Waals surface area contributed by atoms with Gasteiger partial charge in [0.05, 0.1) is 12.3 Å². The number of nitrogens with one attached hydrogen (secondary N) is 1. The normalized spacial score (nSPS) is 23.6. The van der Waals surface area contributed by atoms with Crippen LogP contribution in [0, 0.1) is 6.92 Å². The zero-order valence-corrected chi connectivity index (χ0v) is 12.0. The van der Waals surface area contributed by atoms with E-state index in [1.54, 1.807) is 0 Å². The molecular formula is C16H24N2O. The fourth-order valence-corrected chi connectivity index (χ4v) is 2.92. The maximum absolute atomic E-state index is 5.74. The molecule has 1 saturated carbocycles. The number of nitrogens with zero attached hydrogens (tertiary/aromatic N) is 1. The summed E-state index contributed by atoms with van der Waals surface area (Å²) in [6.45, 7) is 7.30. The number of ether oxygens (including phenoxy) is 1. The van der Waals surface area contributed by atoms with E-state index in [-0.39, 0.29) is 0 Å². The lowest BCUT2D eigenvalue weighted by atomic mass is 10.2. The molecule has 1 aliphatic heterocycles. The van der Waals surface area contributed by atoms with Gasteiger partial charge < -0.3 is 10.1 Å². The number of likely N-dealkylation sites (tertiary alicyclic amines) is 1. The number of rotatable bonds is 5. The Morgan fingerprint density at radius 1 is 1.32 bits per heavy atom. The molecule has 1 aromatic rings. The van der Waals surface area contributed by atoms with Gasteiger partial charge in [0.15, 0.2) is 0 Å². The van der Waals surface area contributed by atoms with Crippen molar-refractivity contribution in [3.05, 3.63) is 23.8 Å². The molecule has 1 aliphatic carbocycles. The number of hydrogen-bond donors (Lipinski definition) is 1. The van der Waals surface area contributed by atoms with Gasteiger partial charge in [0, 0.05) is 25.2 Å². The molecule has 3 rings (SSSR count). The first-order valence-corrected chi connectivity index (χ1v) is 7.50. The molecule has 2 aliphatic rings. The van der Waals surface area contributed by atoms with Crippen molar-refractivity contribution in [3.8, 4) is 5.75 Å². The van der Waals surface area contributed by atoms with Gasteiger partial charge in [-0.2, -0.15) is 0 Å². The molecule has 0 aromatic heterocycles. The second-order valence-electron chi connectivity index (χ2n) is 5.79. The van der Waals surface area contributed by atoms with Gasteiger partial charge in [-0.1, -0.05) is 6.07 Å². The molecule has 0 spiro atoms. The summed E-state index contributed by atoms with van der Waals surface area (Å²) in [7, 11) is 0. The molecule has 19 heavy (non-hydrogen) atoms. The van der Waals surface area contributed by atoms with Crippen molar-refractivity contribution in [2.75, 3.05) is 25.0 Å². The van der Waals surface area contributed by atoms with Crippen molar-refractivity contribution in [2.45, 2.75) is 45.2 Å². The largest absolute Gasteiger partial charge is 0.492 e. The van der Waals surface area contributed by atoms with E-state index in [1.165, 1.54) is 37.9 Å². The Morgan fingerprint density at radius 2 is 2.16 bits per heavy atom. The molecule has 0 amide bonds. The number of hydrogen-bond acceptors (Lipinski definition) is 3. The van der Waals surface area contributed by atoms with Crippen LogP contribution < -0.4 is 10.1 Å². The third kappa shape index (κ3) is 3.03. The molecular weight excluding hydrogens is 236 g/mol. The van der Waals surface area contributed by atoms with E-state index in [9.17, 15) is 0 Å². The van der Waals surface area contributed by atoms with Crippen molar-refractivity contribution in [1.82, 2.24) is 4.90 Å². The maximum Gasteiger partial charge on any atom is 0.142 e. The molecule has 1 unspecified atom stereocenters. The lowest BCUT2D eigenvalue weighted by Gasteiger charge is -2.19. The molecule has 1 atom stereocenters. The highest BCUT2D eigenvalue weighted by Crippen LogP contribution is 2.32. The van der Waals surface area contributed by atoms with Crippen molar-refractivity contribution in [2.24, 2.45) is 0 Å². The SMILES string of the molecule is CCOc1cc(C)ccc1NC1CCN(C2CC2)C1. The van der Waals surface area contributed by atoms with Crippen molar-refractivity contribution >= 4 is 5.69 Å². The predicted octanol–water partition coefficient (Wildman–Crippen LogP) is 3.04. The van der Waals surface area contributed by atoms with Crippen LogP contribution in [0.2, 0.25) is 0 Å². The fraction of sp³-hybridized carbons (Fsp3) is 0.625. The topological polar surface area (TPSA) is 24.5 Å². The van der Waals surface area contributed by atoms with Crippen LogP contribution in [-0.4, -0.2) is 36.7 Å². The molecule has 104 valence electrons. The number of aryl methyl sites for hydroxylation is 1. The first-order valence-electron chi connectivity index (χ1n) is 7.50. The van der Waals surface area contributed by atoms with Crippen LogP contribution in [0.3, 0.4) is 0 Å². The van der Waals surface area contributed by atoms with Gasteiger partial charge in [0.25, 0.3) is 0 Å². The maximum atomic E-state index is 5.74. The standard InChI is InChI=1S/C16H24N2O/c1-3-19-16-10-12(2)4-7-15(16)17-13-8-9-18(11-13)14-5-6-14/h4,7,10,13-14,17H,3,5-6,8-9,11H2,1-2H3. The number of benzene rings is 1. The first kappa shape index (κ1) is 12.8. The van der Waals surface area contributed by atoms with Gasteiger partial charge >= 0.3 is 0 Å². The summed E-state index contributed by atoms with van der Waals surface area (Å²) in [5.74, 6) is 0.993. The lowest BCUT2D eigenvalue weighted by molar-refractivity contribution is 0.325. The molecule has 3 nitrogen and oxygen atoms in total. The Kier molecular flexibility index (Phi) is 3.65. The summed E-state index contributed by atoms with van der Waals surface area (Å²) in [4.78, 5) is 2.63. The van der Waals surface area contributed by atoms with Gasteiger partial charge in [0.2, 0.25) is 0 Å². The molecule has 1 heterocycles. The van der Waals surface area contributed by atoms with Crippen LogP contribution >= 0.6 is 0 Å². The minimum Gasteiger partial charge on any atom is -0.492 e. The molecule has 3 heteroatoms. The second kappa shape index (κ2) is 5.41. The Balaban J connectivity index is 1.65. The predicted molar refractivity (Wildman–Crippen MR) is 79.0 cm³/mol. The first-order chi connectivity index (χ1) is 9.26. The molecule has 0 radical (unpaired) electrons. The minimum absolute atomic E-state index is 0.572. The third-order valence-electron chi connectivity index (χ3n) is 4.08. The van der Waals surface area contributed by atoms with E-state index in [4.69, 9.17) is 4.74 Å². The Labute approximate surface area is 115 Å². The summed E-state index contributed by atoms with van der Waals surface area (Å²) < 4.78 is 5.74. The van der Waals surface area contributed by atoms with Gasteiger partial charge in [-0.15, -0.1) is 0 Å². The average Bonchev–Trinajstić information content (AvgIpc) is 3.14. The van der Waals surface area contributed by atoms with Crippen LogP contribution in [0.15, 0.2) is 18.2 Å². The van der Waals surface area contributed by atoms with Crippen LogP contribution in [-0.2, 0) is 0 Å². The van der Waals surface area contributed by atoms with Crippen molar-refractivity contribution in [1.29, 1.82) is 0 Å². The summed E-state index contributed by atoms with van der Waals surface area (Å²) in [5, 5.41) is 3.67. The highest BCUT2D eigenvalue weighted by Gasteiger charge is 2.34. The monoisotopic (exact) mass is 260 g/mol. The summed E-state index contributed by atoms with van der Waals surface area (Å²) in [6, 6.07) is 7.89. The Morgan fingerprint density at radius 3 is 2.89 bits per heavy atom. The van der Waals surface area contributed by atoms with Crippen LogP contribution in [0.25, 0.3) is 0 Å². The zero-order valence-electron chi connectivity index (χ0n) is 12.0. The van der Waals surface area contributed by atoms with Gasteiger partial charge in [-0.25, -0.2) is 0 Å². The molecule has 1 saturated heterocycles. The second-order valence-corrected chi connectivity index (χ2v) is 5.79. The summed E-state index contributed by atoms with van der Waals surface area (Å²) in [5.41, 5.74) is 2.40. The smallest absolute Gasteiger partial charge is 0.142 e. The molecule has 1 aromatic carbocycles. The van der Waals surface area contributed by atoms with E-state index in [0.29, 0.717) is 6.04 Å². The van der Waals surface area contributed by atoms with Gasteiger partial charge in [-0.3, -0.25) is 4.90 Å². The lowest BCUT2D eigenvalue weighted by Crippen LogP contribution is -2.27. The summed E-state index contributed by atoms with van der Waals surface area (Å²) >= 11 is 0. The van der Waals surface area contributed by atoms with Gasteiger partial charge in [-0.05, 0) is 50.8 Å². The number of anilines is 1. The zero-order chi connectivity index (χ0) is 13.2. The molecule has 0 bridgehead atoms. The van der Waals surface area contributed by atoms with Crippen molar-refractivity contribution in [3.63, 3.8) is 0 Å². The Hall–Kier alpha value is -1.22. The van der Waals surface area contributed by atoms with E-state index in [1.807, 2.05) is 6.92 Å². The van der Waals surface area contributed by atoms with Gasteiger partial charge in [0.1, 0.15) is 5.75 Å². The highest BCUT2D eigenvalue weighted by molar-refractivity contribution is 5.58. The third-order valence-corrected chi connectivity index (χ3v) is 4.08.